The van der Waals surface area contributed by atoms with Crippen LogP contribution in [0.2, 0.25) is 0 Å². The van der Waals surface area contributed by atoms with Gasteiger partial charge in [-0.3, -0.25) is 4.98 Å². The van der Waals surface area contributed by atoms with Crippen molar-refractivity contribution in [3.05, 3.63) is 63.6 Å². The zero-order valence-corrected chi connectivity index (χ0v) is 11.5. The normalized spacial score (nSPS) is 13.3. The summed E-state index contributed by atoms with van der Waals surface area (Å²) in [5.41, 5.74) is 4.57. The Labute approximate surface area is 120 Å². The molecule has 1 heterocycles. The van der Waals surface area contributed by atoms with E-state index < -0.39 is 23.6 Å². The van der Waals surface area contributed by atoms with Crippen LogP contribution in [0.3, 0.4) is 0 Å². The molecule has 0 amide bonds. The summed E-state index contributed by atoms with van der Waals surface area (Å²) in [6.45, 7) is 0. The zero-order chi connectivity index (χ0) is 14.9. The number of benzene rings is 1. The summed E-state index contributed by atoms with van der Waals surface area (Å²) in [7, 11) is 0. The number of rotatable bonds is 2. The third kappa shape index (κ3) is 2.83. The molecule has 2 nitrogen and oxygen atoms in total. The molecule has 0 aliphatic rings. The van der Waals surface area contributed by atoms with E-state index in [-0.39, 0.29) is 15.6 Å². The topological polar surface area (TPSA) is 38.9 Å². The van der Waals surface area contributed by atoms with Crippen LogP contribution in [0.5, 0.6) is 0 Å². The summed E-state index contributed by atoms with van der Waals surface area (Å²) in [4.78, 5) is 3.64. The van der Waals surface area contributed by atoms with Crippen molar-refractivity contribution >= 4 is 15.9 Å². The summed E-state index contributed by atoms with van der Waals surface area (Å²) < 4.78 is 52.8. The fraction of sp³-hybridized carbons (Fsp3) is 0.154. The summed E-state index contributed by atoms with van der Waals surface area (Å²) in [5.74, 6) is -0.683. The standard InChI is InChI=1S/C13H9BrF4N2/c14-10-3-1-2-7(11(10)15)12(19)8-6-20-5-4-9(8)13(16,17)18/h1-6,12H,19H2. The lowest BCUT2D eigenvalue weighted by molar-refractivity contribution is -0.138. The Morgan fingerprint density at radius 2 is 1.85 bits per heavy atom. The number of hydrogen-bond acceptors (Lipinski definition) is 2. The lowest BCUT2D eigenvalue weighted by Gasteiger charge is -2.18. The van der Waals surface area contributed by atoms with Gasteiger partial charge in [-0.15, -0.1) is 0 Å². The average Bonchev–Trinajstić information content (AvgIpc) is 2.40. The molecule has 0 saturated heterocycles. The molecule has 1 atom stereocenters. The summed E-state index contributed by atoms with van der Waals surface area (Å²) in [6, 6.07) is 3.87. The Hall–Kier alpha value is -1.47. The van der Waals surface area contributed by atoms with Crippen molar-refractivity contribution in [2.45, 2.75) is 12.2 Å². The molecule has 2 rings (SSSR count). The monoisotopic (exact) mass is 348 g/mol. The molecule has 2 aromatic rings. The fourth-order valence-corrected chi connectivity index (χ4v) is 2.22. The van der Waals surface area contributed by atoms with Gasteiger partial charge in [0.1, 0.15) is 5.82 Å². The lowest BCUT2D eigenvalue weighted by atomic mass is 9.96. The maximum absolute atomic E-state index is 13.9. The highest BCUT2D eigenvalue weighted by atomic mass is 79.9. The smallest absolute Gasteiger partial charge is 0.320 e. The van der Waals surface area contributed by atoms with Gasteiger partial charge in [0.15, 0.2) is 0 Å². The van der Waals surface area contributed by atoms with Crippen LogP contribution in [0.25, 0.3) is 0 Å². The second-order valence-corrected chi connectivity index (χ2v) is 4.94. The van der Waals surface area contributed by atoms with E-state index >= 15 is 0 Å². The minimum atomic E-state index is -4.57. The van der Waals surface area contributed by atoms with Gasteiger partial charge >= 0.3 is 6.18 Å². The van der Waals surface area contributed by atoms with Gasteiger partial charge in [0, 0.05) is 23.5 Å². The fourth-order valence-electron chi connectivity index (χ4n) is 1.84. The van der Waals surface area contributed by atoms with Gasteiger partial charge in [-0.2, -0.15) is 13.2 Å². The van der Waals surface area contributed by atoms with E-state index in [9.17, 15) is 17.6 Å². The van der Waals surface area contributed by atoms with Gasteiger partial charge in [-0.1, -0.05) is 12.1 Å². The van der Waals surface area contributed by atoms with Crippen molar-refractivity contribution in [1.82, 2.24) is 4.98 Å². The first-order chi connectivity index (χ1) is 9.32. The molecule has 1 aromatic carbocycles. The highest BCUT2D eigenvalue weighted by Gasteiger charge is 2.35. The van der Waals surface area contributed by atoms with Crippen molar-refractivity contribution in [1.29, 1.82) is 0 Å². The molecule has 0 spiro atoms. The molecular weight excluding hydrogens is 340 g/mol. The van der Waals surface area contributed by atoms with Gasteiger partial charge in [-0.05, 0) is 28.1 Å². The highest BCUT2D eigenvalue weighted by Crippen LogP contribution is 2.36. The first-order valence-corrected chi connectivity index (χ1v) is 6.32. The highest BCUT2D eigenvalue weighted by molar-refractivity contribution is 9.10. The average molecular weight is 349 g/mol. The Bertz CT molecular complexity index is 628. The van der Waals surface area contributed by atoms with Crippen molar-refractivity contribution in [3.8, 4) is 0 Å². The Kier molecular flexibility index (Phi) is 4.10. The molecule has 20 heavy (non-hydrogen) atoms. The van der Waals surface area contributed by atoms with E-state index in [1.165, 1.54) is 18.2 Å². The maximum atomic E-state index is 13.9. The number of hydrogen-bond donors (Lipinski definition) is 1. The summed E-state index contributed by atoms with van der Waals surface area (Å²) in [5, 5.41) is 0. The molecule has 0 bridgehead atoms. The Morgan fingerprint density at radius 1 is 1.15 bits per heavy atom. The first kappa shape index (κ1) is 14.9. The number of nitrogens with two attached hydrogens (primary N) is 1. The zero-order valence-electron chi connectivity index (χ0n) is 9.96. The maximum Gasteiger partial charge on any atom is 0.416 e. The number of pyridine rings is 1. The Morgan fingerprint density at radius 3 is 2.50 bits per heavy atom. The molecule has 0 saturated carbocycles. The third-order valence-electron chi connectivity index (χ3n) is 2.81. The van der Waals surface area contributed by atoms with E-state index in [0.29, 0.717) is 0 Å². The van der Waals surface area contributed by atoms with E-state index in [4.69, 9.17) is 5.73 Å². The van der Waals surface area contributed by atoms with Crippen molar-refractivity contribution in [2.75, 3.05) is 0 Å². The van der Waals surface area contributed by atoms with Gasteiger partial charge in [0.2, 0.25) is 0 Å². The minimum absolute atomic E-state index is 0.0297. The van der Waals surface area contributed by atoms with Crippen LogP contribution in [-0.2, 0) is 6.18 Å². The molecule has 1 unspecified atom stereocenters. The van der Waals surface area contributed by atoms with Crippen LogP contribution in [0.15, 0.2) is 41.1 Å². The summed E-state index contributed by atoms with van der Waals surface area (Å²) >= 11 is 2.98. The third-order valence-corrected chi connectivity index (χ3v) is 3.42. The van der Waals surface area contributed by atoms with E-state index in [1.807, 2.05) is 0 Å². The second-order valence-electron chi connectivity index (χ2n) is 4.08. The molecule has 0 aliphatic carbocycles. The number of nitrogens with zero attached hydrogens (tertiary/aromatic N) is 1. The molecular formula is C13H9BrF4N2. The molecule has 0 aliphatic heterocycles. The molecule has 106 valence electrons. The van der Waals surface area contributed by atoms with Gasteiger partial charge in [0.05, 0.1) is 16.1 Å². The molecule has 2 N–H and O–H groups in total. The molecule has 7 heteroatoms. The molecule has 0 radical (unpaired) electrons. The van der Waals surface area contributed by atoms with E-state index in [1.54, 1.807) is 0 Å². The van der Waals surface area contributed by atoms with E-state index in [0.717, 1.165) is 18.5 Å². The number of alkyl halides is 3. The Balaban J connectivity index is 2.55. The van der Waals surface area contributed by atoms with Crippen LogP contribution in [0.4, 0.5) is 17.6 Å². The largest absolute Gasteiger partial charge is 0.416 e. The molecule has 0 fully saturated rings. The van der Waals surface area contributed by atoms with Crippen LogP contribution >= 0.6 is 15.9 Å². The predicted octanol–water partition coefficient (Wildman–Crippen LogP) is 4.05. The molecule has 1 aromatic heterocycles. The van der Waals surface area contributed by atoms with Gasteiger partial charge in [0.25, 0.3) is 0 Å². The number of aromatic nitrogens is 1. The van der Waals surface area contributed by atoms with Gasteiger partial charge < -0.3 is 5.73 Å². The summed E-state index contributed by atoms with van der Waals surface area (Å²) in [6.07, 6.45) is -2.54. The predicted molar refractivity (Wildman–Crippen MR) is 69.4 cm³/mol. The lowest BCUT2D eigenvalue weighted by Crippen LogP contribution is -2.20. The van der Waals surface area contributed by atoms with Crippen molar-refractivity contribution in [2.24, 2.45) is 5.73 Å². The van der Waals surface area contributed by atoms with E-state index in [2.05, 4.69) is 20.9 Å². The first-order valence-electron chi connectivity index (χ1n) is 5.53. The SMILES string of the molecule is NC(c1cnccc1C(F)(F)F)c1cccc(Br)c1F. The van der Waals surface area contributed by atoms with Crippen LogP contribution < -0.4 is 5.73 Å². The van der Waals surface area contributed by atoms with Crippen molar-refractivity contribution in [3.63, 3.8) is 0 Å². The minimum Gasteiger partial charge on any atom is -0.320 e. The van der Waals surface area contributed by atoms with Crippen molar-refractivity contribution < 1.29 is 17.6 Å². The van der Waals surface area contributed by atoms with Crippen LogP contribution in [-0.4, -0.2) is 4.98 Å². The van der Waals surface area contributed by atoms with Gasteiger partial charge in [-0.25, -0.2) is 4.39 Å². The second kappa shape index (κ2) is 5.49. The van der Waals surface area contributed by atoms with Crippen LogP contribution in [0.1, 0.15) is 22.7 Å². The number of halogens is 5. The van der Waals surface area contributed by atoms with Crippen LogP contribution in [0, 0.1) is 5.82 Å². The quantitative estimate of drug-likeness (QED) is 0.831.